The molecule has 1 saturated heterocycles. The number of amides is 1. The number of hydroxylamine groups is 2. The van der Waals surface area contributed by atoms with Crippen LogP contribution in [0.15, 0.2) is 18.2 Å². The van der Waals surface area contributed by atoms with Gasteiger partial charge in [0.05, 0.1) is 31.9 Å². The first-order valence-corrected chi connectivity index (χ1v) is 12.3. The van der Waals surface area contributed by atoms with Gasteiger partial charge >= 0.3 is 0 Å². The second-order valence-electron chi connectivity index (χ2n) is 10.9. The van der Waals surface area contributed by atoms with Crippen molar-refractivity contribution in [1.82, 2.24) is 10.4 Å². The van der Waals surface area contributed by atoms with Crippen molar-refractivity contribution in [2.45, 2.75) is 71.4 Å². The van der Waals surface area contributed by atoms with Crippen LogP contribution in [-0.4, -0.2) is 65.5 Å². The topological polar surface area (TPSA) is 108 Å². The van der Waals surface area contributed by atoms with E-state index in [-0.39, 0.29) is 25.1 Å². The Hall–Kier alpha value is -2.00. The van der Waals surface area contributed by atoms with Gasteiger partial charge in [-0.25, -0.2) is 0 Å². The Kier molecular flexibility index (Phi) is 7.06. The summed E-state index contributed by atoms with van der Waals surface area (Å²) in [6, 6.07) is 4.51. The van der Waals surface area contributed by atoms with Gasteiger partial charge in [-0.15, -0.1) is 0 Å². The molecule has 3 N–H and O–H groups in total. The molecule has 3 saturated carbocycles. The summed E-state index contributed by atoms with van der Waals surface area (Å²) in [7, 11) is 1.49. The number of aliphatic hydroxyl groups is 2. The van der Waals surface area contributed by atoms with Gasteiger partial charge in [0.25, 0.3) is 0 Å². The fourth-order valence-corrected chi connectivity index (χ4v) is 6.72. The molecule has 5 rings (SSSR count). The minimum Gasteiger partial charge on any atom is -0.496 e. The summed E-state index contributed by atoms with van der Waals surface area (Å²) in [4.78, 5) is 31.1. The van der Waals surface area contributed by atoms with Crippen molar-refractivity contribution in [3.63, 3.8) is 0 Å². The summed E-state index contributed by atoms with van der Waals surface area (Å²) in [5, 5.41) is 25.3. The Morgan fingerprint density at radius 2 is 2.12 bits per heavy atom. The molecule has 0 radical (unpaired) electrons. The molecular formula is C26H38N2O6. The van der Waals surface area contributed by atoms with Crippen LogP contribution in [0, 0.1) is 29.1 Å². The Balaban J connectivity index is 1.58. The molecule has 4 fully saturated rings. The number of carbonyl (C=O) groups is 2. The summed E-state index contributed by atoms with van der Waals surface area (Å²) in [5.74, 6) is 1.16. The van der Waals surface area contributed by atoms with Gasteiger partial charge in [0, 0.05) is 17.5 Å². The molecule has 8 heteroatoms. The van der Waals surface area contributed by atoms with Gasteiger partial charge in [-0.05, 0) is 49.0 Å². The van der Waals surface area contributed by atoms with Gasteiger partial charge in [-0.2, -0.15) is 5.06 Å². The van der Waals surface area contributed by atoms with Gasteiger partial charge in [0.1, 0.15) is 17.9 Å². The molecule has 8 nitrogen and oxygen atoms in total. The number of aliphatic hydroxyl groups excluding tert-OH is 2. The minimum absolute atomic E-state index is 0.0712. The molecule has 3 aliphatic carbocycles. The predicted octanol–water partition coefficient (Wildman–Crippen LogP) is 2.17. The zero-order valence-electron chi connectivity index (χ0n) is 20.7. The van der Waals surface area contributed by atoms with E-state index in [2.05, 4.69) is 26.1 Å². The molecule has 1 amide bonds. The Morgan fingerprint density at radius 1 is 1.38 bits per heavy atom. The highest BCUT2D eigenvalue weighted by Crippen LogP contribution is 2.61. The quantitative estimate of drug-likeness (QED) is 0.496. The number of para-hydroxylation sites is 1. The molecule has 8 atom stereocenters. The molecule has 34 heavy (non-hydrogen) atoms. The number of rotatable bonds is 8. The number of ether oxygens (including phenoxy) is 1. The highest BCUT2D eigenvalue weighted by Gasteiger charge is 2.57. The number of fused-ring (bicyclic) bond motifs is 2. The molecule has 1 heterocycles. The van der Waals surface area contributed by atoms with Crippen molar-refractivity contribution in [3.05, 3.63) is 29.3 Å². The summed E-state index contributed by atoms with van der Waals surface area (Å²) < 4.78 is 5.46. The van der Waals surface area contributed by atoms with Crippen LogP contribution in [0.1, 0.15) is 56.5 Å². The van der Waals surface area contributed by atoms with Crippen LogP contribution < -0.4 is 10.1 Å². The lowest BCUT2D eigenvalue weighted by molar-refractivity contribution is -0.183. The van der Waals surface area contributed by atoms with Crippen LogP contribution in [0.2, 0.25) is 0 Å². The maximum Gasteiger partial charge on any atom is 0.240 e. The fraction of sp³-hybridized carbons (Fsp3) is 0.692. The lowest BCUT2D eigenvalue weighted by Gasteiger charge is -2.62. The van der Waals surface area contributed by atoms with E-state index in [9.17, 15) is 19.8 Å². The second kappa shape index (κ2) is 9.57. The summed E-state index contributed by atoms with van der Waals surface area (Å²) in [6.45, 7) is 8.33. The number of benzene rings is 1. The van der Waals surface area contributed by atoms with E-state index < -0.39 is 24.2 Å². The van der Waals surface area contributed by atoms with Crippen LogP contribution >= 0.6 is 0 Å². The van der Waals surface area contributed by atoms with E-state index in [0.29, 0.717) is 40.0 Å². The molecule has 1 unspecified atom stereocenters. The third-order valence-electron chi connectivity index (χ3n) is 8.85. The minimum atomic E-state index is -0.864. The van der Waals surface area contributed by atoms with Crippen molar-refractivity contribution in [2.24, 2.45) is 29.1 Å². The number of nitrogens with one attached hydrogen (secondary N) is 1. The number of methoxy groups -OCH3 is 1. The van der Waals surface area contributed by atoms with Crippen LogP contribution in [0.4, 0.5) is 0 Å². The van der Waals surface area contributed by atoms with Gasteiger partial charge < -0.3 is 20.3 Å². The van der Waals surface area contributed by atoms with E-state index in [1.807, 2.05) is 6.07 Å². The normalized spacial score (nSPS) is 35.3. The Labute approximate surface area is 201 Å². The molecule has 0 spiro atoms. The van der Waals surface area contributed by atoms with E-state index >= 15 is 0 Å². The maximum atomic E-state index is 13.7. The molecule has 2 bridgehead atoms. The third kappa shape index (κ3) is 4.15. The highest BCUT2D eigenvalue weighted by molar-refractivity contribution is 5.83. The van der Waals surface area contributed by atoms with E-state index in [4.69, 9.17) is 9.57 Å². The first-order chi connectivity index (χ1) is 16.1. The highest BCUT2D eigenvalue weighted by atomic mass is 16.7. The first-order valence-electron chi connectivity index (χ1n) is 12.3. The van der Waals surface area contributed by atoms with Crippen LogP contribution in [0.5, 0.6) is 5.75 Å². The van der Waals surface area contributed by atoms with Gasteiger partial charge in [-0.3, -0.25) is 14.4 Å². The van der Waals surface area contributed by atoms with E-state index in [1.54, 1.807) is 19.1 Å². The predicted molar refractivity (Wildman–Crippen MR) is 126 cm³/mol. The van der Waals surface area contributed by atoms with Crippen molar-refractivity contribution >= 4 is 12.2 Å². The Bertz CT molecular complexity index is 919. The summed E-state index contributed by atoms with van der Waals surface area (Å²) in [5.41, 5.74) is 1.40. The third-order valence-corrected chi connectivity index (χ3v) is 8.85. The van der Waals surface area contributed by atoms with Gasteiger partial charge in [0.15, 0.2) is 6.29 Å². The van der Waals surface area contributed by atoms with Crippen molar-refractivity contribution in [2.75, 3.05) is 13.7 Å². The lowest BCUT2D eigenvalue weighted by Crippen LogP contribution is -2.62. The molecular weight excluding hydrogens is 436 g/mol. The van der Waals surface area contributed by atoms with Crippen molar-refractivity contribution in [1.29, 1.82) is 0 Å². The van der Waals surface area contributed by atoms with Gasteiger partial charge in [-0.1, -0.05) is 32.9 Å². The number of aldehydes is 1. The number of hydrogen-bond acceptors (Lipinski definition) is 7. The van der Waals surface area contributed by atoms with Crippen molar-refractivity contribution in [3.8, 4) is 5.75 Å². The maximum absolute atomic E-state index is 13.7. The molecule has 0 aromatic heterocycles. The largest absolute Gasteiger partial charge is 0.496 e. The Morgan fingerprint density at radius 3 is 2.68 bits per heavy atom. The standard InChI is InChI=1S/C26H38N2O6/c1-14-19-9-18(26(19,3)4)10-20(14)27-25(32)23-22(15(2)31)21(13-30)34-28(23)11-16-7-6-8-17(12-29)24(16)33-5/h6-8,12,14-15,18-23,30-31H,9-11,13H2,1-5H3,(H,27,32)/t14-,15-,18+,19-,20?,21-,22+,23-/m0/s1. The number of hydrogen-bond donors (Lipinski definition) is 3. The fourth-order valence-electron chi connectivity index (χ4n) is 6.72. The zero-order valence-corrected chi connectivity index (χ0v) is 20.7. The van der Waals surface area contributed by atoms with Crippen LogP contribution in [-0.2, 0) is 16.2 Å². The zero-order chi connectivity index (χ0) is 24.8. The van der Waals surface area contributed by atoms with Crippen LogP contribution in [0.25, 0.3) is 0 Å². The van der Waals surface area contributed by atoms with Crippen LogP contribution in [0.3, 0.4) is 0 Å². The average Bonchev–Trinajstić information content (AvgIpc) is 3.18. The first kappa shape index (κ1) is 25.1. The summed E-state index contributed by atoms with van der Waals surface area (Å²) in [6.07, 6.45) is 1.31. The average molecular weight is 475 g/mol. The van der Waals surface area contributed by atoms with Gasteiger partial charge in [0.2, 0.25) is 5.91 Å². The number of nitrogens with zero attached hydrogens (tertiary/aromatic N) is 1. The van der Waals surface area contributed by atoms with E-state index in [1.165, 1.54) is 18.6 Å². The number of carbonyl (C=O) groups excluding carboxylic acids is 2. The molecule has 4 aliphatic rings. The molecule has 1 aliphatic heterocycles. The molecule has 1 aromatic rings. The molecule has 1 aromatic carbocycles. The monoisotopic (exact) mass is 474 g/mol. The summed E-state index contributed by atoms with van der Waals surface area (Å²) >= 11 is 0. The lowest BCUT2D eigenvalue weighted by atomic mass is 9.45. The molecule has 188 valence electrons. The smallest absolute Gasteiger partial charge is 0.240 e. The van der Waals surface area contributed by atoms with E-state index in [0.717, 1.165) is 12.7 Å². The second-order valence-corrected chi connectivity index (χ2v) is 10.9. The van der Waals surface area contributed by atoms with Crippen molar-refractivity contribution < 1.29 is 29.4 Å². The SMILES string of the molecule is COc1c(C=O)cccc1CN1O[C@@H](CO)[C@@H]([C@H](C)O)[C@H]1C(=O)NC1C[C@H]2C[C@@H]([C@@H]1C)C2(C)C.